The summed E-state index contributed by atoms with van der Waals surface area (Å²) in [5.41, 5.74) is 0.719. The fourth-order valence-corrected chi connectivity index (χ4v) is 3.00. The maximum absolute atomic E-state index is 11.4. The third-order valence-corrected chi connectivity index (χ3v) is 4.48. The molecule has 0 saturated heterocycles. The van der Waals surface area contributed by atoms with E-state index in [0.29, 0.717) is 28.8 Å². The van der Waals surface area contributed by atoms with Crippen molar-refractivity contribution in [2.24, 2.45) is 5.14 Å². The molecule has 2 aromatic rings. The molecule has 0 radical (unpaired) electrons. The van der Waals surface area contributed by atoms with E-state index in [9.17, 15) is 8.42 Å². The molecular formula is C13H15Cl2N3O2S. The van der Waals surface area contributed by atoms with Gasteiger partial charge < -0.3 is 4.57 Å². The largest absolute Gasteiger partial charge is 0.329 e. The zero-order chi connectivity index (χ0) is 15.6. The Kier molecular flexibility index (Phi) is 4.93. The SMILES string of the molecule is CCCc1nc(S(N)(=O)=O)cn1Cc1c(Cl)cccc1Cl. The predicted molar refractivity (Wildman–Crippen MR) is 83.2 cm³/mol. The van der Waals surface area contributed by atoms with Crippen molar-refractivity contribution in [1.29, 1.82) is 0 Å². The molecule has 0 spiro atoms. The number of halogens is 2. The molecule has 0 aliphatic carbocycles. The van der Waals surface area contributed by atoms with Gasteiger partial charge in [0.25, 0.3) is 10.0 Å². The number of hydrogen-bond donors (Lipinski definition) is 1. The van der Waals surface area contributed by atoms with Crippen LogP contribution in [0.3, 0.4) is 0 Å². The second-order valence-electron chi connectivity index (χ2n) is 4.62. The van der Waals surface area contributed by atoms with E-state index in [4.69, 9.17) is 28.3 Å². The maximum Gasteiger partial charge on any atom is 0.257 e. The number of primary sulfonamides is 1. The fourth-order valence-electron chi connectivity index (χ4n) is 1.98. The summed E-state index contributed by atoms with van der Waals surface area (Å²) in [5, 5.41) is 6.04. The van der Waals surface area contributed by atoms with Crippen LogP contribution in [0.4, 0.5) is 0 Å². The zero-order valence-corrected chi connectivity index (χ0v) is 13.7. The molecule has 1 aromatic carbocycles. The van der Waals surface area contributed by atoms with Crippen molar-refractivity contribution >= 4 is 33.2 Å². The molecule has 8 heteroatoms. The van der Waals surface area contributed by atoms with Crippen molar-refractivity contribution in [2.45, 2.75) is 31.3 Å². The quantitative estimate of drug-likeness (QED) is 0.902. The summed E-state index contributed by atoms with van der Waals surface area (Å²) < 4.78 is 24.6. The van der Waals surface area contributed by atoms with E-state index in [-0.39, 0.29) is 5.03 Å². The lowest BCUT2D eigenvalue weighted by atomic mass is 10.2. The van der Waals surface area contributed by atoms with Crippen LogP contribution in [0.5, 0.6) is 0 Å². The lowest BCUT2D eigenvalue weighted by Crippen LogP contribution is -2.12. The van der Waals surface area contributed by atoms with Crippen LogP contribution < -0.4 is 5.14 Å². The molecule has 0 aliphatic heterocycles. The normalized spacial score (nSPS) is 11.8. The van der Waals surface area contributed by atoms with E-state index >= 15 is 0 Å². The maximum atomic E-state index is 11.4. The van der Waals surface area contributed by atoms with Gasteiger partial charge in [0.15, 0.2) is 5.03 Å². The molecule has 2 rings (SSSR count). The van der Waals surface area contributed by atoms with Crippen LogP contribution in [0, 0.1) is 0 Å². The Morgan fingerprint density at radius 2 is 1.90 bits per heavy atom. The number of nitrogens with two attached hydrogens (primary N) is 1. The third kappa shape index (κ3) is 3.77. The van der Waals surface area contributed by atoms with Crippen LogP contribution in [0.15, 0.2) is 29.4 Å². The number of aromatic nitrogens is 2. The number of hydrogen-bond acceptors (Lipinski definition) is 3. The first-order valence-corrected chi connectivity index (χ1v) is 8.65. The first-order valence-electron chi connectivity index (χ1n) is 6.34. The molecule has 1 heterocycles. The Labute approximate surface area is 133 Å². The number of sulfonamides is 1. The Morgan fingerprint density at radius 3 is 2.43 bits per heavy atom. The minimum atomic E-state index is -3.83. The molecule has 2 N–H and O–H groups in total. The summed E-state index contributed by atoms with van der Waals surface area (Å²) in [6.07, 6.45) is 2.88. The lowest BCUT2D eigenvalue weighted by Gasteiger charge is -2.10. The van der Waals surface area contributed by atoms with Gasteiger partial charge >= 0.3 is 0 Å². The van der Waals surface area contributed by atoms with Crippen molar-refractivity contribution in [1.82, 2.24) is 9.55 Å². The van der Waals surface area contributed by atoms with E-state index in [1.807, 2.05) is 6.92 Å². The van der Waals surface area contributed by atoms with Gasteiger partial charge in [0.1, 0.15) is 5.82 Å². The van der Waals surface area contributed by atoms with Gasteiger partial charge in [0, 0.05) is 28.2 Å². The Balaban J connectivity index is 2.46. The van der Waals surface area contributed by atoms with Gasteiger partial charge in [-0.2, -0.15) is 0 Å². The molecule has 0 amide bonds. The van der Waals surface area contributed by atoms with Gasteiger partial charge in [-0.1, -0.05) is 36.2 Å². The van der Waals surface area contributed by atoms with Crippen LogP contribution in [0.1, 0.15) is 24.7 Å². The number of nitrogens with zero attached hydrogens (tertiary/aromatic N) is 2. The second-order valence-corrected chi connectivity index (χ2v) is 6.94. The molecule has 21 heavy (non-hydrogen) atoms. The highest BCUT2D eigenvalue weighted by Gasteiger charge is 2.17. The first kappa shape index (κ1) is 16.3. The molecule has 0 saturated carbocycles. The van der Waals surface area contributed by atoms with Gasteiger partial charge in [-0.15, -0.1) is 0 Å². The van der Waals surface area contributed by atoms with Crippen LogP contribution >= 0.6 is 23.2 Å². The minimum Gasteiger partial charge on any atom is -0.329 e. The monoisotopic (exact) mass is 347 g/mol. The van der Waals surface area contributed by atoms with E-state index in [1.165, 1.54) is 6.20 Å². The average Bonchev–Trinajstić information content (AvgIpc) is 2.78. The summed E-state index contributed by atoms with van der Waals surface area (Å²) in [7, 11) is -3.83. The van der Waals surface area contributed by atoms with Gasteiger partial charge in [-0.25, -0.2) is 18.5 Å². The molecule has 114 valence electrons. The van der Waals surface area contributed by atoms with Gasteiger partial charge in [-0.3, -0.25) is 0 Å². The smallest absolute Gasteiger partial charge is 0.257 e. The van der Waals surface area contributed by atoms with E-state index in [1.54, 1.807) is 22.8 Å². The van der Waals surface area contributed by atoms with Crippen molar-refractivity contribution in [3.63, 3.8) is 0 Å². The van der Waals surface area contributed by atoms with Crippen molar-refractivity contribution in [3.8, 4) is 0 Å². The standard InChI is InChI=1S/C13H15Cl2N3O2S/c1-2-4-12-17-13(21(16,19)20)8-18(12)7-9-10(14)5-3-6-11(9)15/h3,5-6,8H,2,4,7H2,1H3,(H2,16,19,20). The molecule has 5 nitrogen and oxygen atoms in total. The van der Waals surface area contributed by atoms with Gasteiger partial charge in [0.05, 0.1) is 6.54 Å². The summed E-state index contributed by atoms with van der Waals surface area (Å²) in [5.74, 6) is 0.637. The van der Waals surface area contributed by atoms with Crippen molar-refractivity contribution in [2.75, 3.05) is 0 Å². The number of benzene rings is 1. The molecular weight excluding hydrogens is 333 g/mol. The summed E-state index contributed by atoms with van der Waals surface area (Å²) in [6.45, 7) is 2.33. The zero-order valence-electron chi connectivity index (χ0n) is 11.4. The summed E-state index contributed by atoms with van der Waals surface area (Å²) >= 11 is 12.3. The summed E-state index contributed by atoms with van der Waals surface area (Å²) in [6, 6.07) is 5.23. The van der Waals surface area contributed by atoms with Crippen LogP contribution in [0.2, 0.25) is 10.0 Å². The highest BCUT2D eigenvalue weighted by Crippen LogP contribution is 2.26. The van der Waals surface area contributed by atoms with Gasteiger partial charge in [0.2, 0.25) is 0 Å². The number of rotatable bonds is 5. The lowest BCUT2D eigenvalue weighted by molar-refractivity contribution is 0.594. The molecule has 0 atom stereocenters. The van der Waals surface area contributed by atoms with E-state index < -0.39 is 10.0 Å². The van der Waals surface area contributed by atoms with Crippen LogP contribution in [0.25, 0.3) is 0 Å². The van der Waals surface area contributed by atoms with E-state index in [0.717, 1.165) is 12.0 Å². The third-order valence-electron chi connectivity index (χ3n) is 2.99. The fraction of sp³-hybridized carbons (Fsp3) is 0.308. The summed E-state index contributed by atoms with van der Waals surface area (Å²) in [4.78, 5) is 4.09. The average molecular weight is 348 g/mol. The Bertz CT molecular complexity index is 737. The number of aryl methyl sites for hydroxylation is 1. The molecule has 1 aromatic heterocycles. The second kappa shape index (κ2) is 6.36. The predicted octanol–water partition coefficient (Wildman–Crippen LogP) is 2.84. The molecule has 0 bridgehead atoms. The van der Waals surface area contributed by atoms with Crippen molar-refractivity contribution < 1.29 is 8.42 Å². The topological polar surface area (TPSA) is 78.0 Å². The van der Waals surface area contributed by atoms with Crippen LogP contribution in [-0.4, -0.2) is 18.0 Å². The van der Waals surface area contributed by atoms with E-state index in [2.05, 4.69) is 4.98 Å². The highest BCUT2D eigenvalue weighted by atomic mass is 35.5. The van der Waals surface area contributed by atoms with Gasteiger partial charge in [-0.05, 0) is 18.6 Å². The molecule has 0 unspecified atom stereocenters. The first-order chi connectivity index (χ1) is 9.82. The Morgan fingerprint density at radius 1 is 1.29 bits per heavy atom. The number of imidazole rings is 1. The Hall–Kier alpha value is -1.08. The molecule has 0 aliphatic rings. The molecule has 0 fully saturated rings. The van der Waals surface area contributed by atoms with Crippen LogP contribution in [-0.2, 0) is 23.0 Å². The highest BCUT2D eigenvalue weighted by molar-refractivity contribution is 7.89. The minimum absolute atomic E-state index is 0.144. The van der Waals surface area contributed by atoms with Crippen molar-refractivity contribution in [3.05, 3.63) is 45.8 Å².